The molecule has 5 nitrogen and oxygen atoms in total. The summed E-state index contributed by atoms with van der Waals surface area (Å²) in [6, 6.07) is 0.196. The lowest BCUT2D eigenvalue weighted by atomic mass is 10.2. The van der Waals surface area contributed by atoms with Crippen molar-refractivity contribution in [2.24, 2.45) is 5.73 Å². The predicted octanol–water partition coefficient (Wildman–Crippen LogP) is -0.333. The van der Waals surface area contributed by atoms with Crippen molar-refractivity contribution < 1.29 is 0 Å². The largest absolute Gasteiger partial charge is 0.367 e. The number of H-pyrrole nitrogens is 1. The first kappa shape index (κ1) is 8.00. The Morgan fingerprint density at radius 3 is 2.82 bits per heavy atom. The van der Waals surface area contributed by atoms with Gasteiger partial charge in [0.05, 0.1) is 0 Å². The molecule has 0 fully saturated rings. The summed E-state index contributed by atoms with van der Waals surface area (Å²) in [5, 5.41) is 6.41. The van der Waals surface area contributed by atoms with Crippen LogP contribution in [0.15, 0.2) is 0 Å². The Labute approximate surface area is 65.2 Å². The molecule has 0 saturated carbocycles. The van der Waals surface area contributed by atoms with Gasteiger partial charge in [-0.05, 0) is 13.3 Å². The van der Waals surface area contributed by atoms with Crippen molar-refractivity contribution in [2.75, 3.05) is 5.73 Å². The zero-order chi connectivity index (χ0) is 8.27. The monoisotopic (exact) mass is 155 g/mol. The van der Waals surface area contributed by atoms with Gasteiger partial charge in [-0.1, -0.05) is 0 Å². The Bertz CT molecular complexity index is 217. The first-order valence-electron chi connectivity index (χ1n) is 3.61. The van der Waals surface area contributed by atoms with E-state index in [1.165, 1.54) is 0 Å². The molecule has 1 rings (SSSR count). The molecule has 1 heterocycles. The van der Waals surface area contributed by atoms with Crippen molar-refractivity contribution >= 4 is 5.95 Å². The first-order valence-corrected chi connectivity index (χ1v) is 3.61. The van der Waals surface area contributed by atoms with Gasteiger partial charge < -0.3 is 11.5 Å². The summed E-state index contributed by atoms with van der Waals surface area (Å²) in [6.07, 6.45) is 1.70. The summed E-state index contributed by atoms with van der Waals surface area (Å²) < 4.78 is 0. The van der Waals surface area contributed by atoms with Crippen molar-refractivity contribution in [1.82, 2.24) is 15.2 Å². The smallest absolute Gasteiger partial charge is 0.239 e. The van der Waals surface area contributed by atoms with Gasteiger partial charge in [0, 0.05) is 12.5 Å². The van der Waals surface area contributed by atoms with Crippen LogP contribution in [-0.2, 0) is 6.42 Å². The number of aromatic nitrogens is 3. The number of nitrogens with two attached hydrogens (primary N) is 2. The quantitative estimate of drug-likeness (QED) is 0.557. The van der Waals surface area contributed by atoms with Crippen molar-refractivity contribution in [3.63, 3.8) is 0 Å². The van der Waals surface area contributed by atoms with Crippen LogP contribution in [0.25, 0.3) is 0 Å². The highest BCUT2D eigenvalue weighted by Crippen LogP contribution is 1.98. The molecule has 1 unspecified atom stereocenters. The number of anilines is 1. The highest BCUT2D eigenvalue weighted by Gasteiger charge is 2.00. The normalized spacial score (nSPS) is 13.3. The van der Waals surface area contributed by atoms with Gasteiger partial charge in [0.2, 0.25) is 5.95 Å². The lowest BCUT2D eigenvalue weighted by Gasteiger charge is -2.00. The van der Waals surface area contributed by atoms with Gasteiger partial charge in [-0.2, -0.15) is 4.98 Å². The molecule has 0 radical (unpaired) electrons. The summed E-state index contributed by atoms with van der Waals surface area (Å²) in [5.41, 5.74) is 10.9. The van der Waals surface area contributed by atoms with E-state index in [4.69, 9.17) is 11.5 Å². The highest BCUT2D eigenvalue weighted by atomic mass is 15.3. The number of nitrogens with one attached hydrogen (secondary N) is 1. The van der Waals surface area contributed by atoms with E-state index in [9.17, 15) is 0 Å². The van der Waals surface area contributed by atoms with E-state index in [-0.39, 0.29) is 6.04 Å². The van der Waals surface area contributed by atoms with Gasteiger partial charge in [-0.3, -0.25) is 5.10 Å². The van der Waals surface area contributed by atoms with Crippen LogP contribution in [0.2, 0.25) is 0 Å². The molecule has 0 amide bonds. The Hall–Kier alpha value is -1.10. The fraction of sp³-hybridized carbons (Fsp3) is 0.667. The molecule has 0 spiro atoms. The number of rotatable bonds is 3. The first-order chi connectivity index (χ1) is 5.18. The number of nitrogen functional groups attached to an aromatic ring is 1. The minimum Gasteiger partial charge on any atom is -0.367 e. The molecule has 1 aromatic rings. The minimum atomic E-state index is 0.196. The zero-order valence-electron chi connectivity index (χ0n) is 6.54. The average molecular weight is 155 g/mol. The van der Waals surface area contributed by atoms with Crippen LogP contribution < -0.4 is 11.5 Å². The van der Waals surface area contributed by atoms with Gasteiger partial charge in [-0.15, -0.1) is 5.10 Å². The zero-order valence-corrected chi connectivity index (χ0v) is 6.54. The predicted molar refractivity (Wildman–Crippen MR) is 42.8 cm³/mol. The van der Waals surface area contributed by atoms with Gasteiger partial charge in [0.25, 0.3) is 0 Å². The summed E-state index contributed by atoms with van der Waals surface area (Å²) in [5.74, 6) is 1.10. The molecule has 1 aromatic heterocycles. The molecule has 5 heteroatoms. The van der Waals surface area contributed by atoms with E-state index in [0.717, 1.165) is 18.7 Å². The third-order valence-corrected chi connectivity index (χ3v) is 1.39. The Balaban J connectivity index is 2.39. The van der Waals surface area contributed by atoms with Crippen molar-refractivity contribution in [2.45, 2.75) is 25.8 Å². The van der Waals surface area contributed by atoms with Crippen LogP contribution >= 0.6 is 0 Å². The van der Waals surface area contributed by atoms with Crippen LogP contribution in [0, 0.1) is 0 Å². The summed E-state index contributed by atoms with van der Waals surface area (Å²) in [4.78, 5) is 3.94. The van der Waals surface area contributed by atoms with Crippen molar-refractivity contribution in [3.8, 4) is 0 Å². The van der Waals surface area contributed by atoms with Crippen molar-refractivity contribution in [3.05, 3.63) is 5.82 Å². The fourth-order valence-corrected chi connectivity index (χ4v) is 0.786. The molecule has 11 heavy (non-hydrogen) atoms. The van der Waals surface area contributed by atoms with Crippen LogP contribution in [0.4, 0.5) is 5.95 Å². The molecule has 0 aromatic carbocycles. The molecular formula is C6H13N5. The lowest BCUT2D eigenvalue weighted by Crippen LogP contribution is -2.15. The second kappa shape index (κ2) is 3.34. The average Bonchev–Trinajstić information content (AvgIpc) is 2.31. The number of aryl methyl sites for hydroxylation is 1. The van der Waals surface area contributed by atoms with E-state index in [1.54, 1.807) is 0 Å². The van der Waals surface area contributed by atoms with E-state index in [0.29, 0.717) is 5.95 Å². The van der Waals surface area contributed by atoms with E-state index >= 15 is 0 Å². The Kier molecular flexibility index (Phi) is 2.43. The molecule has 0 aliphatic heterocycles. The van der Waals surface area contributed by atoms with Gasteiger partial charge in [-0.25, -0.2) is 0 Å². The molecule has 0 aliphatic rings. The fourth-order valence-electron chi connectivity index (χ4n) is 0.786. The third kappa shape index (κ3) is 2.55. The topological polar surface area (TPSA) is 93.6 Å². The number of nitrogens with zero attached hydrogens (tertiary/aromatic N) is 2. The van der Waals surface area contributed by atoms with E-state index in [1.807, 2.05) is 6.92 Å². The molecule has 5 N–H and O–H groups in total. The van der Waals surface area contributed by atoms with E-state index < -0.39 is 0 Å². The third-order valence-electron chi connectivity index (χ3n) is 1.39. The van der Waals surface area contributed by atoms with Crippen LogP contribution in [0.5, 0.6) is 0 Å². The van der Waals surface area contributed by atoms with Crippen LogP contribution in [-0.4, -0.2) is 21.2 Å². The maximum absolute atomic E-state index is 5.55. The Morgan fingerprint density at radius 2 is 2.36 bits per heavy atom. The summed E-state index contributed by atoms with van der Waals surface area (Å²) in [6.45, 7) is 1.96. The molecule has 0 saturated heterocycles. The standard InChI is InChI=1S/C6H13N5/c1-4(7)2-3-5-9-6(8)11-10-5/h4H,2-3,7H2,1H3,(H3,8,9,10,11). The van der Waals surface area contributed by atoms with Gasteiger partial charge >= 0.3 is 0 Å². The van der Waals surface area contributed by atoms with Crippen LogP contribution in [0.1, 0.15) is 19.2 Å². The maximum atomic E-state index is 5.55. The molecule has 0 aliphatic carbocycles. The summed E-state index contributed by atoms with van der Waals surface area (Å²) >= 11 is 0. The second-order valence-electron chi connectivity index (χ2n) is 2.66. The second-order valence-corrected chi connectivity index (χ2v) is 2.66. The SMILES string of the molecule is CC(N)CCc1nc(N)n[nH]1. The molecule has 62 valence electrons. The molecule has 0 bridgehead atoms. The molecular weight excluding hydrogens is 142 g/mol. The van der Waals surface area contributed by atoms with Gasteiger partial charge in [0.1, 0.15) is 5.82 Å². The molecule has 1 atom stereocenters. The minimum absolute atomic E-state index is 0.196. The van der Waals surface area contributed by atoms with Crippen molar-refractivity contribution in [1.29, 1.82) is 0 Å². The number of hydrogen-bond acceptors (Lipinski definition) is 4. The van der Waals surface area contributed by atoms with Crippen LogP contribution in [0.3, 0.4) is 0 Å². The Morgan fingerprint density at radius 1 is 1.64 bits per heavy atom. The lowest BCUT2D eigenvalue weighted by molar-refractivity contribution is 0.649. The highest BCUT2D eigenvalue weighted by molar-refractivity contribution is 5.12. The number of aromatic amines is 1. The van der Waals surface area contributed by atoms with Gasteiger partial charge in [0.15, 0.2) is 0 Å². The summed E-state index contributed by atoms with van der Waals surface area (Å²) in [7, 11) is 0. The van der Waals surface area contributed by atoms with E-state index in [2.05, 4.69) is 15.2 Å². The number of hydrogen-bond donors (Lipinski definition) is 3. The maximum Gasteiger partial charge on any atom is 0.239 e.